The summed E-state index contributed by atoms with van der Waals surface area (Å²) < 4.78 is 5.73. The molecule has 1 amide bonds. The highest BCUT2D eigenvalue weighted by molar-refractivity contribution is 7.99. The Morgan fingerprint density at radius 3 is 2.70 bits per heavy atom. The van der Waals surface area contributed by atoms with Crippen molar-refractivity contribution in [1.29, 1.82) is 0 Å². The number of aromatic nitrogens is 4. The van der Waals surface area contributed by atoms with Crippen molar-refractivity contribution in [2.45, 2.75) is 38.4 Å². The third-order valence-electron chi connectivity index (χ3n) is 5.65. The van der Waals surface area contributed by atoms with Gasteiger partial charge < -0.3 is 5.32 Å². The summed E-state index contributed by atoms with van der Waals surface area (Å²) >= 11 is 8.72. The van der Waals surface area contributed by atoms with Crippen LogP contribution >= 0.6 is 35.3 Å². The maximum Gasteiger partial charge on any atom is 0.230 e. The molecule has 168 valence electrons. The number of thioether (sulfide) groups is 1. The zero-order valence-corrected chi connectivity index (χ0v) is 21.0. The number of carbonyl (C=O) groups is 1. The van der Waals surface area contributed by atoms with Gasteiger partial charge in [0.05, 0.1) is 22.5 Å². The molecule has 5 rings (SSSR count). The lowest BCUT2D eigenvalue weighted by Gasteiger charge is -2.12. The maximum atomic E-state index is 12.5. The summed E-state index contributed by atoms with van der Waals surface area (Å²) in [7, 11) is 0. The van der Waals surface area contributed by atoms with Crippen LogP contribution < -0.4 is 5.32 Å². The zero-order chi connectivity index (χ0) is 23.1. The average Bonchev–Trinajstić information content (AvgIpc) is 3.35. The fraction of sp³-hybridized carbons (Fsp3) is 0.250. The second-order valence-corrected chi connectivity index (χ2v) is 10.5. The maximum absolute atomic E-state index is 12.5. The van der Waals surface area contributed by atoms with Crippen LogP contribution in [0.5, 0.6) is 0 Å². The lowest BCUT2D eigenvalue weighted by Crippen LogP contribution is -2.33. The fourth-order valence-electron chi connectivity index (χ4n) is 3.80. The van der Waals surface area contributed by atoms with Gasteiger partial charge in [0, 0.05) is 6.04 Å². The molecule has 6 nitrogen and oxygen atoms in total. The van der Waals surface area contributed by atoms with Gasteiger partial charge in [0.25, 0.3) is 0 Å². The largest absolute Gasteiger partial charge is 0.353 e. The molecule has 0 radical (unpaired) electrons. The molecule has 5 aromatic rings. The predicted octanol–water partition coefficient (Wildman–Crippen LogP) is 5.93. The van der Waals surface area contributed by atoms with E-state index >= 15 is 0 Å². The van der Waals surface area contributed by atoms with Gasteiger partial charge in [-0.3, -0.25) is 13.8 Å². The SMILES string of the molecule is CC[C@@H](C)NC(=O)CSc1nc2c(sc(=S)n2-c2ccccc2C)c2nc3ccccc3n12. The lowest BCUT2D eigenvalue weighted by atomic mass is 10.2. The molecule has 1 N–H and O–H groups in total. The normalized spacial score (nSPS) is 12.6. The average molecular weight is 494 g/mol. The Bertz CT molecular complexity index is 1570. The molecule has 2 aromatic carbocycles. The number of nitrogens with one attached hydrogen (secondary N) is 1. The summed E-state index contributed by atoms with van der Waals surface area (Å²) in [4.78, 5) is 22.5. The van der Waals surface area contributed by atoms with Crippen LogP contribution in [0.1, 0.15) is 25.8 Å². The minimum Gasteiger partial charge on any atom is -0.353 e. The van der Waals surface area contributed by atoms with Crippen molar-refractivity contribution < 1.29 is 4.79 Å². The number of aryl methyl sites for hydroxylation is 1. The highest BCUT2D eigenvalue weighted by Gasteiger charge is 2.20. The van der Waals surface area contributed by atoms with Crippen LogP contribution in [0.15, 0.2) is 53.7 Å². The van der Waals surface area contributed by atoms with Gasteiger partial charge in [0.1, 0.15) is 4.70 Å². The van der Waals surface area contributed by atoms with E-state index in [2.05, 4.69) is 31.3 Å². The van der Waals surface area contributed by atoms with E-state index < -0.39 is 0 Å². The predicted molar refractivity (Wildman–Crippen MR) is 139 cm³/mol. The van der Waals surface area contributed by atoms with Crippen molar-refractivity contribution in [1.82, 2.24) is 24.3 Å². The number of amides is 1. The number of imidazole rings is 1. The Balaban J connectivity index is 1.73. The highest BCUT2D eigenvalue weighted by atomic mass is 32.2. The van der Waals surface area contributed by atoms with Crippen molar-refractivity contribution in [2.24, 2.45) is 0 Å². The minimum atomic E-state index is -0.00475. The van der Waals surface area contributed by atoms with Crippen LogP contribution in [-0.2, 0) is 4.79 Å². The van der Waals surface area contributed by atoms with E-state index in [4.69, 9.17) is 22.2 Å². The summed E-state index contributed by atoms with van der Waals surface area (Å²) in [6, 6.07) is 16.3. The Kier molecular flexibility index (Phi) is 5.94. The molecular weight excluding hydrogens is 470 g/mol. The van der Waals surface area contributed by atoms with E-state index in [0.717, 1.165) is 53.8 Å². The molecule has 1 atom stereocenters. The number of nitrogens with zero attached hydrogens (tertiary/aromatic N) is 4. The third-order valence-corrected chi connectivity index (χ3v) is 7.95. The van der Waals surface area contributed by atoms with Gasteiger partial charge >= 0.3 is 0 Å². The van der Waals surface area contributed by atoms with E-state index in [9.17, 15) is 4.79 Å². The van der Waals surface area contributed by atoms with E-state index in [0.29, 0.717) is 0 Å². The first-order valence-electron chi connectivity index (χ1n) is 10.8. The number of carbonyl (C=O) groups excluding carboxylic acids is 1. The molecule has 0 saturated carbocycles. The summed E-state index contributed by atoms with van der Waals surface area (Å²) in [5, 5.41) is 3.76. The molecule has 9 heteroatoms. The van der Waals surface area contributed by atoms with Gasteiger partial charge in [-0.2, -0.15) is 0 Å². The van der Waals surface area contributed by atoms with Gasteiger partial charge in [0.2, 0.25) is 5.91 Å². The molecule has 0 fully saturated rings. The van der Waals surface area contributed by atoms with Crippen molar-refractivity contribution >= 4 is 68.3 Å². The molecule has 0 spiro atoms. The Morgan fingerprint density at radius 1 is 1.15 bits per heavy atom. The number of hydrogen-bond donors (Lipinski definition) is 1. The Morgan fingerprint density at radius 2 is 1.91 bits per heavy atom. The standard InChI is InChI=1S/C24H23N5OS3/c1-4-15(3)25-19(30)13-32-23-27-22-20(21-26-16-10-6-8-12-18(16)28(21)23)33-24(31)29(22)17-11-7-5-9-14(17)2/h5-12,15H,4,13H2,1-3H3,(H,25,30)/t15-/m1/s1. The molecule has 0 unspecified atom stereocenters. The molecule has 0 aliphatic carbocycles. The van der Waals surface area contributed by atoms with Crippen LogP contribution in [0, 0.1) is 10.9 Å². The van der Waals surface area contributed by atoms with E-state index in [-0.39, 0.29) is 17.7 Å². The molecule has 0 bridgehead atoms. The number of rotatable bonds is 6. The van der Waals surface area contributed by atoms with Crippen LogP contribution in [-0.4, -0.2) is 36.6 Å². The molecule has 0 aliphatic heterocycles. The van der Waals surface area contributed by atoms with Gasteiger partial charge in [0.15, 0.2) is 20.4 Å². The van der Waals surface area contributed by atoms with Crippen LogP contribution in [0.25, 0.3) is 32.7 Å². The quantitative estimate of drug-likeness (QED) is 0.180. The molecule has 0 aliphatic rings. The van der Waals surface area contributed by atoms with E-state index in [1.54, 1.807) is 0 Å². The van der Waals surface area contributed by atoms with Crippen molar-refractivity contribution in [3.63, 3.8) is 0 Å². The number of para-hydroxylation sites is 3. The van der Waals surface area contributed by atoms with Crippen molar-refractivity contribution in [3.05, 3.63) is 58.0 Å². The van der Waals surface area contributed by atoms with Crippen molar-refractivity contribution in [2.75, 3.05) is 5.75 Å². The molecular formula is C24H23N5OS3. The van der Waals surface area contributed by atoms with Crippen LogP contribution in [0.3, 0.4) is 0 Å². The first-order valence-corrected chi connectivity index (χ1v) is 13.0. The van der Waals surface area contributed by atoms with Crippen LogP contribution in [0.4, 0.5) is 0 Å². The molecule has 3 aromatic heterocycles. The number of fused-ring (bicyclic) bond motifs is 5. The third kappa shape index (κ3) is 3.94. The molecule has 33 heavy (non-hydrogen) atoms. The topological polar surface area (TPSA) is 64.2 Å². The monoisotopic (exact) mass is 493 g/mol. The van der Waals surface area contributed by atoms with Gasteiger partial charge in [-0.25, -0.2) is 9.97 Å². The highest BCUT2D eigenvalue weighted by Crippen LogP contribution is 2.34. The summed E-state index contributed by atoms with van der Waals surface area (Å²) in [6.45, 7) is 6.13. The number of thiazole rings is 1. The second-order valence-electron chi connectivity index (χ2n) is 7.96. The number of hydrogen-bond acceptors (Lipinski definition) is 6. The lowest BCUT2D eigenvalue weighted by molar-refractivity contribution is -0.119. The van der Waals surface area contributed by atoms with E-state index in [1.807, 2.05) is 52.3 Å². The smallest absolute Gasteiger partial charge is 0.230 e. The van der Waals surface area contributed by atoms with Gasteiger partial charge in [-0.05, 0) is 56.2 Å². The molecule has 0 saturated heterocycles. The summed E-state index contributed by atoms with van der Waals surface area (Å²) in [5.41, 5.74) is 5.56. The zero-order valence-electron chi connectivity index (χ0n) is 18.5. The van der Waals surface area contributed by atoms with E-state index in [1.165, 1.54) is 23.1 Å². The van der Waals surface area contributed by atoms with Crippen molar-refractivity contribution in [3.8, 4) is 5.69 Å². The second kappa shape index (κ2) is 8.89. The van der Waals surface area contributed by atoms with Gasteiger partial charge in [-0.15, -0.1) is 0 Å². The minimum absolute atomic E-state index is 0.00475. The molecule has 3 heterocycles. The first kappa shape index (κ1) is 22.1. The Hall–Kier alpha value is -2.75. The van der Waals surface area contributed by atoms with Crippen LogP contribution in [0.2, 0.25) is 0 Å². The summed E-state index contributed by atoms with van der Waals surface area (Å²) in [5.74, 6) is 0.273. The number of benzene rings is 2. The van der Waals surface area contributed by atoms with Gasteiger partial charge in [-0.1, -0.05) is 60.4 Å². The summed E-state index contributed by atoms with van der Waals surface area (Å²) in [6.07, 6.45) is 0.893. The fourth-order valence-corrected chi connectivity index (χ4v) is 5.95. The Labute approximate surface area is 204 Å². The first-order chi connectivity index (χ1) is 16.0.